The minimum absolute atomic E-state index is 0.0550. The van der Waals surface area contributed by atoms with Gasteiger partial charge in [0.2, 0.25) is 5.91 Å². The molecular weight excluding hydrogens is 284 g/mol. The Morgan fingerprint density at radius 1 is 1.19 bits per heavy atom. The molecular formula is C17H19ClN2O. The van der Waals surface area contributed by atoms with Crippen molar-refractivity contribution in [2.45, 2.75) is 13.8 Å². The summed E-state index contributed by atoms with van der Waals surface area (Å²) in [7, 11) is 0. The number of anilines is 2. The lowest BCUT2D eigenvalue weighted by Gasteiger charge is -2.22. The Bertz CT molecular complexity index is 613. The van der Waals surface area contributed by atoms with Gasteiger partial charge in [-0.15, -0.1) is 0 Å². The fourth-order valence-corrected chi connectivity index (χ4v) is 2.25. The van der Waals surface area contributed by atoms with Gasteiger partial charge in [-0.25, -0.2) is 0 Å². The van der Waals surface area contributed by atoms with Crippen molar-refractivity contribution in [1.29, 1.82) is 0 Å². The average Bonchev–Trinajstić information content (AvgIpc) is 2.49. The molecule has 110 valence electrons. The van der Waals surface area contributed by atoms with Gasteiger partial charge in [-0.05, 0) is 43.7 Å². The van der Waals surface area contributed by atoms with E-state index in [4.69, 9.17) is 11.6 Å². The van der Waals surface area contributed by atoms with Crippen molar-refractivity contribution in [3.05, 3.63) is 59.1 Å². The first-order valence-corrected chi connectivity index (χ1v) is 7.34. The van der Waals surface area contributed by atoms with Gasteiger partial charge in [0.15, 0.2) is 0 Å². The summed E-state index contributed by atoms with van der Waals surface area (Å²) in [6, 6.07) is 15.4. The van der Waals surface area contributed by atoms with E-state index in [9.17, 15) is 4.79 Å². The van der Waals surface area contributed by atoms with Crippen molar-refractivity contribution in [2.24, 2.45) is 0 Å². The maximum atomic E-state index is 12.2. The number of nitrogens with zero attached hydrogens (tertiary/aromatic N) is 1. The van der Waals surface area contributed by atoms with Crippen LogP contribution in [0.2, 0.25) is 5.02 Å². The average molecular weight is 303 g/mol. The molecule has 2 rings (SSSR count). The zero-order chi connectivity index (χ0) is 15.2. The summed E-state index contributed by atoms with van der Waals surface area (Å²) in [4.78, 5) is 14.2. The first-order valence-electron chi connectivity index (χ1n) is 6.96. The Morgan fingerprint density at radius 3 is 2.52 bits per heavy atom. The highest BCUT2D eigenvalue weighted by Gasteiger charge is 2.10. The van der Waals surface area contributed by atoms with Crippen molar-refractivity contribution < 1.29 is 4.79 Å². The zero-order valence-electron chi connectivity index (χ0n) is 12.3. The molecule has 3 nitrogen and oxygen atoms in total. The molecule has 0 unspecified atom stereocenters. The van der Waals surface area contributed by atoms with Crippen LogP contribution in [0.3, 0.4) is 0 Å². The van der Waals surface area contributed by atoms with Gasteiger partial charge in [0.25, 0.3) is 0 Å². The monoisotopic (exact) mass is 302 g/mol. The van der Waals surface area contributed by atoms with Crippen LogP contribution in [0.25, 0.3) is 0 Å². The number of carbonyl (C=O) groups excluding carboxylic acids is 1. The Hall–Kier alpha value is -2.00. The molecule has 0 radical (unpaired) electrons. The smallest absolute Gasteiger partial charge is 0.243 e. The van der Waals surface area contributed by atoms with Crippen molar-refractivity contribution in [1.82, 2.24) is 0 Å². The Morgan fingerprint density at radius 2 is 1.90 bits per heavy atom. The fraction of sp³-hybridized carbons (Fsp3) is 0.235. The molecule has 0 aliphatic carbocycles. The van der Waals surface area contributed by atoms with Gasteiger partial charge in [0, 0.05) is 22.9 Å². The second-order valence-corrected chi connectivity index (χ2v) is 5.27. The number of carbonyl (C=O) groups is 1. The van der Waals surface area contributed by atoms with Crippen LogP contribution in [0.5, 0.6) is 0 Å². The topological polar surface area (TPSA) is 32.3 Å². The number of amides is 1. The van der Waals surface area contributed by atoms with Crippen LogP contribution in [0.1, 0.15) is 12.5 Å². The third-order valence-electron chi connectivity index (χ3n) is 3.29. The van der Waals surface area contributed by atoms with Gasteiger partial charge in [0.1, 0.15) is 0 Å². The van der Waals surface area contributed by atoms with Crippen molar-refractivity contribution in [3.8, 4) is 0 Å². The largest absolute Gasteiger partial charge is 0.362 e. The highest BCUT2D eigenvalue weighted by atomic mass is 35.5. The predicted molar refractivity (Wildman–Crippen MR) is 89.1 cm³/mol. The number of benzene rings is 2. The van der Waals surface area contributed by atoms with Crippen LogP contribution in [-0.2, 0) is 4.79 Å². The lowest BCUT2D eigenvalue weighted by Crippen LogP contribution is -2.33. The molecule has 2 aromatic rings. The molecule has 4 heteroatoms. The lowest BCUT2D eigenvalue weighted by molar-refractivity contribution is -0.115. The molecule has 0 heterocycles. The van der Waals surface area contributed by atoms with Crippen LogP contribution < -0.4 is 10.2 Å². The number of nitrogens with one attached hydrogen (secondary N) is 1. The number of hydrogen-bond acceptors (Lipinski definition) is 2. The molecule has 0 spiro atoms. The summed E-state index contributed by atoms with van der Waals surface area (Å²) >= 11 is 6.06. The molecule has 0 saturated carbocycles. The first-order chi connectivity index (χ1) is 10.1. The maximum absolute atomic E-state index is 12.2. The molecule has 0 saturated heterocycles. The van der Waals surface area contributed by atoms with E-state index >= 15 is 0 Å². The van der Waals surface area contributed by atoms with Crippen LogP contribution in [0.15, 0.2) is 48.5 Å². The van der Waals surface area contributed by atoms with Crippen LogP contribution in [0.4, 0.5) is 11.4 Å². The molecule has 0 fully saturated rings. The summed E-state index contributed by atoms with van der Waals surface area (Å²) in [5.74, 6) is -0.0550. The number of aryl methyl sites for hydroxylation is 1. The fourth-order valence-electron chi connectivity index (χ4n) is 2.07. The summed E-state index contributed by atoms with van der Waals surface area (Å²) in [6.45, 7) is 5.04. The SMILES string of the molecule is CCN(CC(=O)Nc1ccc(C)c(Cl)c1)c1ccccc1. The number of rotatable bonds is 5. The number of para-hydroxylation sites is 1. The zero-order valence-corrected chi connectivity index (χ0v) is 13.0. The van der Waals surface area contributed by atoms with E-state index in [2.05, 4.69) is 5.32 Å². The third-order valence-corrected chi connectivity index (χ3v) is 3.70. The van der Waals surface area contributed by atoms with Crippen LogP contribution >= 0.6 is 11.6 Å². The summed E-state index contributed by atoms with van der Waals surface area (Å²) in [6.07, 6.45) is 0. The highest BCUT2D eigenvalue weighted by molar-refractivity contribution is 6.31. The van der Waals surface area contributed by atoms with E-state index in [1.165, 1.54) is 0 Å². The molecule has 2 aromatic carbocycles. The maximum Gasteiger partial charge on any atom is 0.243 e. The van der Waals surface area contributed by atoms with Gasteiger partial charge in [-0.3, -0.25) is 4.79 Å². The first kappa shape index (κ1) is 15.4. The second-order valence-electron chi connectivity index (χ2n) is 4.86. The van der Waals surface area contributed by atoms with Crippen molar-refractivity contribution >= 4 is 28.9 Å². The molecule has 0 atom stereocenters. The van der Waals surface area contributed by atoms with Crippen LogP contribution in [0, 0.1) is 6.92 Å². The van der Waals surface area contributed by atoms with Gasteiger partial charge < -0.3 is 10.2 Å². The normalized spacial score (nSPS) is 10.2. The van der Waals surface area contributed by atoms with Gasteiger partial charge >= 0.3 is 0 Å². The molecule has 1 amide bonds. The highest BCUT2D eigenvalue weighted by Crippen LogP contribution is 2.20. The minimum Gasteiger partial charge on any atom is -0.362 e. The van der Waals surface area contributed by atoms with E-state index in [0.717, 1.165) is 23.5 Å². The second kappa shape index (κ2) is 7.14. The molecule has 0 bridgehead atoms. The van der Waals surface area contributed by atoms with Crippen molar-refractivity contribution in [2.75, 3.05) is 23.3 Å². The summed E-state index contributed by atoms with van der Waals surface area (Å²) in [5.41, 5.74) is 2.76. The van der Waals surface area contributed by atoms with E-state index < -0.39 is 0 Å². The molecule has 0 aliphatic heterocycles. The standard InChI is InChI=1S/C17H19ClN2O/c1-3-20(15-7-5-4-6-8-15)12-17(21)19-14-10-9-13(2)16(18)11-14/h4-11H,3,12H2,1-2H3,(H,19,21). The number of likely N-dealkylation sites (N-methyl/N-ethyl adjacent to an activating group) is 1. The summed E-state index contributed by atoms with van der Waals surface area (Å²) in [5, 5.41) is 3.54. The van der Waals surface area contributed by atoms with E-state index in [0.29, 0.717) is 11.6 Å². The Labute approximate surface area is 130 Å². The quantitative estimate of drug-likeness (QED) is 0.901. The van der Waals surface area contributed by atoms with E-state index in [-0.39, 0.29) is 5.91 Å². The lowest BCUT2D eigenvalue weighted by atomic mass is 10.2. The summed E-state index contributed by atoms with van der Waals surface area (Å²) < 4.78 is 0. The third kappa shape index (κ3) is 4.23. The Balaban J connectivity index is 2.01. The number of hydrogen-bond donors (Lipinski definition) is 1. The van der Waals surface area contributed by atoms with Crippen molar-refractivity contribution in [3.63, 3.8) is 0 Å². The van der Waals surface area contributed by atoms with Gasteiger partial charge in [0.05, 0.1) is 6.54 Å². The minimum atomic E-state index is -0.0550. The molecule has 0 aliphatic rings. The Kier molecular flexibility index (Phi) is 5.23. The van der Waals surface area contributed by atoms with Gasteiger partial charge in [-0.1, -0.05) is 35.9 Å². The molecule has 21 heavy (non-hydrogen) atoms. The molecule has 1 N–H and O–H groups in total. The van der Waals surface area contributed by atoms with Gasteiger partial charge in [-0.2, -0.15) is 0 Å². The van der Waals surface area contributed by atoms with E-state index in [1.54, 1.807) is 6.07 Å². The predicted octanol–water partition coefficient (Wildman–Crippen LogP) is 4.11. The van der Waals surface area contributed by atoms with Crippen LogP contribution in [-0.4, -0.2) is 19.0 Å². The van der Waals surface area contributed by atoms with E-state index in [1.807, 2.05) is 61.2 Å². The number of halogens is 1. The molecule has 0 aromatic heterocycles.